The van der Waals surface area contributed by atoms with E-state index < -0.39 is 24.4 Å². The minimum absolute atomic E-state index is 0.303. The molecule has 22 heavy (non-hydrogen) atoms. The second kappa shape index (κ2) is 5.93. The fourth-order valence-electron chi connectivity index (χ4n) is 2.37. The monoisotopic (exact) mass is 308 g/mol. The smallest absolute Gasteiger partial charge is 0.253 e. The Bertz CT molecular complexity index is 637. The van der Waals surface area contributed by atoms with E-state index in [0.29, 0.717) is 17.3 Å². The Morgan fingerprint density at radius 2 is 2.18 bits per heavy atom. The van der Waals surface area contributed by atoms with Crippen LogP contribution in [0.3, 0.4) is 0 Å². The molecule has 10 nitrogen and oxygen atoms in total. The number of aliphatic hydroxyl groups excluding tert-OH is 3. The number of ether oxygens (including phenoxy) is 1. The predicted octanol–water partition coefficient (Wildman–Crippen LogP) is -1.75. The van der Waals surface area contributed by atoms with Crippen LogP contribution < -0.4 is 5.32 Å². The number of anilines is 1. The van der Waals surface area contributed by atoms with E-state index in [1.54, 1.807) is 7.05 Å². The molecular formula is C12H16N6O4. The molecule has 4 atom stereocenters. The maximum Gasteiger partial charge on any atom is 0.253 e. The van der Waals surface area contributed by atoms with Gasteiger partial charge in [0, 0.05) is 18.8 Å². The Morgan fingerprint density at radius 3 is 2.77 bits per heavy atom. The molecule has 3 rings (SSSR count). The second-order valence-electron chi connectivity index (χ2n) is 4.82. The number of aromatic nitrogens is 5. The van der Waals surface area contributed by atoms with Gasteiger partial charge in [-0.25, -0.2) is 9.97 Å². The average molecular weight is 308 g/mol. The summed E-state index contributed by atoms with van der Waals surface area (Å²) in [4.78, 5) is 12.3. The van der Waals surface area contributed by atoms with E-state index in [1.807, 2.05) is 0 Å². The van der Waals surface area contributed by atoms with Gasteiger partial charge in [-0.05, 0) is 0 Å². The number of aliphatic hydroxyl groups is 3. The van der Waals surface area contributed by atoms with Crippen molar-refractivity contribution >= 4 is 5.82 Å². The molecule has 0 saturated carbocycles. The Kier molecular flexibility index (Phi) is 3.98. The lowest BCUT2D eigenvalue weighted by atomic mass is 10.0. The van der Waals surface area contributed by atoms with E-state index in [0.717, 1.165) is 0 Å². The highest BCUT2D eigenvalue weighted by atomic mass is 16.6. The molecule has 0 amide bonds. The van der Waals surface area contributed by atoms with Crippen molar-refractivity contribution in [3.63, 3.8) is 0 Å². The third kappa shape index (κ3) is 2.41. The lowest BCUT2D eigenvalue weighted by Gasteiger charge is -2.17. The minimum atomic E-state index is -1.18. The molecular weight excluding hydrogens is 292 g/mol. The topological polar surface area (TPSA) is 138 Å². The first-order valence-electron chi connectivity index (χ1n) is 6.68. The highest BCUT2D eigenvalue weighted by Gasteiger charge is 2.44. The Hall–Kier alpha value is -2.14. The third-order valence-corrected chi connectivity index (χ3v) is 3.51. The van der Waals surface area contributed by atoms with Crippen LogP contribution in [0.2, 0.25) is 0 Å². The normalized spacial score (nSPS) is 28.0. The lowest BCUT2D eigenvalue weighted by molar-refractivity contribution is -0.0227. The van der Waals surface area contributed by atoms with Crippen molar-refractivity contribution in [2.24, 2.45) is 0 Å². The van der Waals surface area contributed by atoms with Gasteiger partial charge in [0.15, 0.2) is 0 Å². The Morgan fingerprint density at radius 1 is 1.36 bits per heavy atom. The second-order valence-corrected chi connectivity index (χ2v) is 4.82. The molecule has 0 radical (unpaired) electrons. The molecule has 4 unspecified atom stereocenters. The first kappa shape index (κ1) is 14.8. The van der Waals surface area contributed by atoms with E-state index in [1.165, 1.54) is 23.5 Å². The molecule has 0 aliphatic carbocycles. The summed E-state index contributed by atoms with van der Waals surface area (Å²) in [6.45, 7) is -0.387. The predicted molar refractivity (Wildman–Crippen MR) is 73.2 cm³/mol. The van der Waals surface area contributed by atoms with Crippen LogP contribution in [-0.2, 0) is 4.74 Å². The highest BCUT2D eigenvalue weighted by molar-refractivity contribution is 5.46. The van der Waals surface area contributed by atoms with Crippen molar-refractivity contribution < 1.29 is 20.1 Å². The summed E-state index contributed by atoms with van der Waals surface area (Å²) in [6, 6.07) is 0. The van der Waals surface area contributed by atoms with Crippen molar-refractivity contribution in [3.05, 3.63) is 24.4 Å². The van der Waals surface area contributed by atoms with E-state index in [4.69, 9.17) is 9.84 Å². The first-order valence-corrected chi connectivity index (χ1v) is 6.68. The average Bonchev–Trinajstić information content (AvgIpc) is 3.17. The molecule has 10 heteroatoms. The molecule has 0 bridgehead atoms. The molecule has 1 saturated heterocycles. The highest BCUT2D eigenvalue weighted by Crippen LogP contribution is 2.36. The SMILES string of the molecule is CNc1nc(-n2cncn2)ncc1C1OC(CO)C(O)C1O. The number of rotatable bonds is 4. The van der Waals surface area contributed by atoms with Gasteiger partial charge in [-0.3, -0.25) is 0 Å². The maximum absolute atomic E-state index is 10.1. The zero-order valence-corrected chi connectivity index (χ0v) is 11.7. The maximum atomic E-state index is 10.1. The molecule has 2 aromatic heterocycles. The molecule has 0 spiro atoms. The number of nitrogens with one attached hydrogen (secondary N) is 1. The third-order valence-electron chi connectivity index (χ3n) is 3.51. The number of hydrogen-bond acceptors (Lipinski definition) is 9. The van der Waals surface area contributed by atoms with Gasteiger partial charge in [0.05, 0.1) is 6.61 Å². The van der Waals surface area contributed by atoms with Crippen molar-refractivity contribution in [3.8, 4) is 5.95 Å². The van der Waals surface area contributed by atoms with Gasteiger partial charge < -0.3 is 25.4 Å². The fourth-order valence-corrected chi connectivity index (χ4v) is 2.37. The van der Waals surface area contributed by atoms with E-state index in [9.17, 15) is 10.2 Å². The zero-order valence-electron chi connectivity index (χ0n) is 11.7. The minimum Gasteiger partial charge on any atom is -0.394 e. The van der Waals surface area contributed by atoms with Gasteiger partial charge in [-0.15, -0.1) is 0 Å². The molecule has 1 aliphatic heterocycles. The van der Waals surface area contributed by atoms with Crippen molar-refractivity contribution in [1.82, 2.24) is 24.7 Å². The zero-order chi connectivity index (χ0) is 15.7. The summed E-state index contributed by atoms with van der Waals surface area (Å²) in [6.07, 6.45) is 0.276. The fraction of sp³-hybridized carbons (Fsp3) is 0.500. The van der Waals surface area contributed by atoms with Crippen molar-refractivity contribution in [2.45, 2.75) is 24.4 Å². The van der Waals surface area contributed by atoms with Crippen LogP contribution in [-0.4, -0.2) is 72.0 Å². The first-order chi connectivity index (χ1) is 10.7. The van der Waals surface area contributed by atoms with E-state index in [2.05, 4.69) is 25.4 Å². The van der Waals surface area contributed by atoms with Crippen LogP contribution in [0.4, 0.5) is 5.82 Å². The summed E-state index contributed by atoms with van der Waals surface area (Å²) in [5, 5.41) is 35.9. The lowest BCUT2D eigenvalue weighted by Crippen LogP contribution is -2.32. The largest absolute Gasteiger partial charge is 0.394 e. The van der Waals surface area contributed by atoms with Crippen molar-refractivity contribution in [2.75, 3.05) is 19.0 Å². The molecule has 1 fully saturated rings. The van der Waals surface area contributed by atoms with Gasteiger partial charge in [0.1, 0.15) is 42.9 Å². The summed E-state index contributed by atoms with van der Waals surface area (Å²) >= 11 is 0. The van der Waals surface area contributed by atoms with Gasteiger partial charge in [0.2, 0.25) is 0 Å². The van der Waals surface area contributed by atoms with Crippen LogP contribution in [0, 0.1) is 0 Å². The van der Waals surface area contributed by atoms with E-state index in [-0.39, 0.29) is 6.61 Å². The van der Waals surface area contributed by atoms with Crippen LogP contribution in [0.1, 0.15) is 11.7 Å². The molecule has 0 aromatic carbocycles. The van der Waals surface area contributed by atoms with Crippen LogP contribution in [0.5, 0.6) is 0 Å². The summed E-state index contributed by atoms with van der Waals surface area (Å²) in [7, 11) is 1.66. The van der Waals surface area contributed by atoms with Crippen molar-refractivity contribution in [1.29, 1.82) is 0 Å². The molecule has 3 heterocycles. The summed E-state index contributed by atoms with van der Waals surface area (Å²) in [5.74, 6) is 0.729. The summed E-state index contributed by atoms with van der Waals surface area (Å²) < 4.78 is 6.88. The molecule has 118 valence electrons. The number of hydrogen-bond donors (Lipinski definition) is 4. The quantitative estimate of drug-likeness (QED) is 0.518. The molecule has 1 aliphatic rings. The van der Waals surface area contributed by atoms with Crippen LogP contribution >= 0.6 is 0 Å². The molecule has 4 N–H and O–H groups in total. The Labute approximate surface area is 125 Å². The van der Waals surface area contributed by atoms with Gasteiger partial charge in [0.25, 0.3) is 5.95 Å². The van der Waals surface area contributed by atoms with Gasteiger partial charge in [-0.2, -0.15) is 14.8 Å². The van der Waals surface area contributed by atoms with Gasteiger partial charge in [-0.1, -0.05) is 0 Å². The summed E-state index contributed by atoms with van der Waals surface area (Å²) in [5.41, 5.74) is 0.480. The van der Waals surface area contributed by atoms with E-state index >= 15 is 0 Å². The standard InChI is InChI=1S/C12H16N6O4/c1-13-11-6(10-9(21)8(20)7(3-19)22-10)2-15-12(17-11)18-5-14-4-16-18/h2,4-5,7-10,19-21H,3H2,1H3,(H,13,15,17). The number of nitrogens with zero attached hydrogens (tertiary/aromatic N) is 5. The Balaban J connectivity index is 1.94. The van der Waals surface area contributed by atoms with Crippen LogP contribution in [0.15, 0.2) is 18.9 Å². The molecule has 2 aromatic rings. The van der Waals surface area contributed by atoms with Crippen LogP contribution in [0.25, 0.3) is 5.95 Å². The van der Waals surface area contributed by atoms with Gasteiger partial charge >= 0.3 is 0 Å².